The summed E-state index contributed by atoms with van der Waals surface area (Å²) in [7, 11) is 0.545. The van der Waals surface area contributed by atoms with Crippen LogP contribution in [-0.2, 0) is 41.6 Å². The molecule has 0 saturated heterocycles. The summed E-state index contributed by atoms with van der Waals surface area (Å²) < 4.78 is 28.7. The van der Waals surface area contributed by atoms with Gasteiger partial charge in [0.2, 0.25) is 0 Å². The van der Waals surface area contributed by atoms with Crippen LogP contribution in [0.15, 0.2) is 12.7 Å². The molecule has 0 atom stereocenters. The molecule has 9 nitrogen and oxygen atoms in total. The largest absolute Gasteiger partial charge is 0.564 e. The highest BCUT2D eigenvalue weighted by Gasteiger charge is 2.35. The maximum Gasteiger partial charge on any atom is 0.564 e. The quantitative estimate of drug-likeness (QED) is 0.258. The summed E-state index contributed by atoms with van der Waals surface area (Å²) in [4.78, 5) is 31.7. The van der Waals surface area contributed by atoms with Gasteiger partial charge in [-0.1, -0.05) is 6.58 Å². The lowest BCUT2D eigenvalue weighted by atomic mass is 10.5. The molecule has 0 radical (unpaired) electrons. The minimum Gasteiger partial charge on any atom is -0.474 e. The zero-order chi connectivity index (χ0) is 18.7. The van der Waals surface area contributed by atoms with Gasteiger partial charge in [-0.3, -0.25) is 14.4 Å². The van der Waals surface area contributed by atoms with E-state index in [2.05, 4.69) is 16.1 Å². The molecule has 0 aromatic carbocycles. The average molecular weight is 368 g/mol. The lowest BCUT2D eigenvalue weighted by Crippen LogP contribution is -2.41. The highest BCUT2D eigenvalue weighted by atomic mass is 28.4. The van der Waals surface area contributed by atoms with E-state index in [-0.39, 0.29) is 16.5 Å². The molecule has 0 aliphatic rings. The van der Waals surface area contributed by atoms with E-state index in [9.17, 15) is 14.4 Å². The summed E-state index contributed by atoms with van der Waals surface area (Å²) in [5.41, 5.74) is 0. The van der Waals surface area contributed by atoms with Crippen LogP contribution >= 0.6 is 0 Å². The third kappa shape index (κ3) is 10.8. The van der Waals surface area contributed by atoms with Crippen molar-refractivity contribution in [2.75, 3.05) is 14.2 Å². The number of hydrogen-bond acceptors (Lipinski definition) is 9. The van der Waals surface area contributed by atoms with Crippen LogP contribution in [0.3, 0.4) is 0 Å². The van der Waals surface area contributed by atoms with Crippen LogP contribution in [-0.4, -0.2) is 57.4 Å². The molecule has 0 N–H and O–H groups in total. The predicted molar refractivity (Wildman–Crippen MR) is 84.9 cm³/mol. The van der Waals surface area contributed by atoms with Crippen LogP contribution in [0.1, 0.15) is 20.8 Å². The van der Waals surface area contributed by atoms with E-state index < -0.39 is 26.7 Å². The second-order valence-corrected chi connectivity index (χ2v) is 7.22. The van der Waals surface area contributed by atoms with E-state index in [0.29, 0.717) is 0 Å². The number of rotatable bonds is 7. The fourth-order valence-corrected chi connectivity index (χ4v) is 2.29. The smallest absolute Gasteiger partial charge is 0.474 e. The van der Waals surface area contributed by atoms with E-state index >= 15 is 0 Å². The van der Waals surface area contributed by atoms with E-state index in [1.54, 1.807) is 6.55 Å². The Morgan fingerprint density at radius 3 is 1.52 bits per heavy atom. The molecule has 0 aromatic heterocycles. The topological polar surface area (TPSA) is 107 Å². The van der Waals surface area contributed by atoms with Gasteiger partial charge < -0.3 is 27.2 Å². The van der Waals surface area contributed by atoms with Crippen molar-refractivity contribution in [1.29, 1.82) is 0 Å². The van der Waals surface area contributed by atoms with Crippen molar-refractivity contribution >= 4 is 37.2 Å². The predicted octanol–water partition coefficient (Wildman–Crippen LogP) is -0.340. The third-order valence-electron chi connectivity index (χ3n) is 2.18. The molecule has 11 heteroatoms. The van der Waals surface area contributed by atoms with Gasteiger partial charge in [0, 0.05) is 47.6 Å². The van der Waals surface area contributed by atoms with E-state index in [1.807, 2.05) is 0 Å². The summed E-state index contributed by atoms with van der Waals surface area (Å²) in [6.07, 6.45) is 1.11. The molecule has 0 heterocycles. The first-order chi connectivity index (χ1) is 10.5. The summed E-state index contributed by atoms with van der Waals surface area (Å²) >= 11 is 0. The van der Waals surface area contributed by atoms with Gasteiger partial charge in [0.25, 0.3) is 5.97 Å². The molecule has 0 amide bonds. The van der Waals surface area contributed by atoms with Crippen molar-refractivity contribution in [3.8, 4) is 0 Å². The fraction of sp³-hybridized carbons (Fsp3) is 0.583. The third-order valence-corrected chi connectivity index (χ3v) is 4.89. The van der Waals surface area contributed by atoms with Gasteiger partial charge in [0.05, 0.1) is 0 Å². The van der Waals surface area contributed by atoms with Crippen LogP contribution < -0.4 is 0 Å². The van der Waals surface area contributed by atoms with Gasteiger partial charge >= 0.3 is 26.7 Å². The van der Waals surface area contributed by atoms with Crippen LogP contribution in [0, 0.1) is 0 Å². The van der Waals surface area contributed by atoms with E-state index in [4.69, 9.17) is 17.7 Å². The van der Waals surface area contributed by atoms with Gasteiger partial charge in [-0.25, -0.2) is 0 Å². The molecular weight excluding hydrogens is 344 g/mol. The first-order valence-corrected chi connectivity index (χ1v) is 9.41. The Labute approximate surface area is 139 Å². The maximum atomic E-state index is 10.6. The minimum absolute atomic E-state index is 0.241. The van der Waals surface area contributed by atoms with Crippen molar-refractivity contribution in [3.63, 3.8) is 0 Å². The van der Waals surface area contributed by atoms with Crippen molar-refractivity contribution in [3.05, 3.63) is 12.7 Å². The summed E-state index contributed by atoms with van der Waals surface area (Å²) in [5.74, 6) is -3.35. The number of ether oxygens (including phenoxy) is 2. The molecule has 0 unspecified atom stereocenters. The maximum absolute atomic E-state index is 10.6. The van der Waals surface area contributed by atoms with Gasteiger partial charge in [0.1, 0.15) is 0 Å². The number of esters is 2. The van der Waals surface area contributed by atoms with Crippen LogP contribution in [0.2, 0.25) is 6.55 Å². The van der Waals surface area contributed by atoms with Crippen LogP contribution in [0.5, 0.6) is 0 Å². The Kier molecular flexibility index (Phi) is 11.4. The molecular formula is C12H24O9Si2. The number of carbonyl (C=O) groups is 3. The lowest BCUT2D eigenvalue weighted by molar-refractivity contribution is -0.279. The standard InChI is InChI=1S/C7H12O5Si.C5H12O4Si/c1-4-7(12-13,10-5(2)8)11-6(3)9;1-5(6)9-10(4,7-2)8-3/h4H,1H2,2-3,13H3;1-4H3. The Hall–Kier alpha value is -1.54. The SMILES string of the molecule is C=CC(O[SiH3])(OC(C)=O)OC(C)=O.CO[Si](C)(OC)OC(C)=O. The molecule has 0 aliphatic carbocycles. The van der Waals surface area contributed by atoms with Gasteiger partial charge in [0.15, 0.2) is 10.5 Å². The molecule has 0 bridgehead atoms. The molecule has 0 aliphatic heterocycles. The molecule has 134 valence electrons. The van der Waals surface area contributed by atoms with E-state index in [0.717, 1.165) is 6.08 Å². The van der Waals surface area contributed by atoms with Crippen molar-refractivity contribution in [1.82, 2.24) is 0 Å². The first kappa shape index (κ1) is 23.7. The van der Waals surface area contributed by atoms with E-state index in [1.165, 1.54) is 35.0 Å². The molecule has 0 rings (SSSR count). The molecule has 23 heavy (non-hydrogen) atoms. The summed E-state index contributed by atoms with van der Waals surface area (Å²) in [6, 6.07) is 0. The monoisotopic (exact) mass is 368 g/mol. The Morgan fingerprint density at radius 2 is 1.39 bits per heavy atom. The molecule has 0 saturated carbocycles. The molecule has 0 aromatic rings. The van der Waals surface area contributed by atoms with Crippen molar-refractivity contribution in [2.24, 2.45) is 0 Å². The highest BCUT2D eigenvalue weighted by Crippen LogP contribution is 2.15. The number of hydrogen-bond donors (Lipinski definition) is 0. The highest BCUT2D eigenvalue weighted by molar-refractivity contribution is 6.60. The van der Waals surface area contributed by atoms with Gasteiger partial charge in [-0.15, -0.1) is 0 Å². The fourth-order valence-electron chi connectivity index (χ4n) is 1.10. The second-order valence-electron chi connectivity index (χ2n) is 4.06. The Bertz CT molecular complexity index is 405. The summed E-state index contributed by atoms with van der Waals surface area (Å²) in [6.45, 7) is 8.69. The van der Waals surface area contributed by atoms with Gasteiger partial charge in [-0.05, 0) is 0 Å². The number of carbonyl (C=O) groups excluding carboxylic acids is 3. The zero-order valence-electron chi connectivity index (χ0n) is 14.5. The lowest BCUT2D eigenvalue weighted by Gasteiger charge is -2.26. The van der Waals surface area contributed by atoms with Crippen molar-refractivity contribution in [2.45, 2.75) is 33.3 Å². The Morgan fingerprint density at radius 1 is 1.00 bits per heavy atom. The summed E-state index contributed by atoms with van der Waals surface area (Å²) in [5, 5.41) is 0. The minimum atomic E-state index is -2.61. The zero-order valence-corrected chi connectivity index (χ0v) is 17.5. The van der Waals surface area contributed by atoms with Crippen LogP contribution in [0.25, 0.3) is 0 Å². The Balaban J connectivity index is 0. The van der Waals surface area contributed by atoms with Crippen LogP contribution in [0.4, 0.5) is 0 Å². The average Bonchev–Trinajstić information content (AvgIpc) is 2.45. The first-order valence-electron chi connectivity index (χ1n) is 6.37. The molecule has 0 spiro atoms. The normalized spacial score (nSPS) is 10.9. The van der Waals surface area contributed by atoms with Gasteiger partial charge in [-0.2, -0.15) is 0 Å². The second kappa shape index (κ2) is 11.1. The molecule has 0 fully saturated rings. The van der Waals surface area contributed by atoms with Crippen molar-refractivity contribution < 1.29 is 41.6 Å².